The molecule has 8 nitrogen and oxygen atoms in total. The summed E-state index contributed by atoms with van der Waals surface area (Å²) in [5.74, 6) is -0.206. The number of carbonyl (C=O) groups excluding carboxylic acids is 2. The van der Waals surface area contributed by atoms with Gasteiger partial charge in [0.15, 0.2) is 5.82 Å². The fourth-order valence-electron chi connectivity index (χ4n) is 2.51. The molecule has 3 rings (SSSR count). The Kier molecular flexibility index (Phi) is 5.56. The maximum atomic E-state index is 12.7. The molecule has 2 aromatic heterocycles. The molecule has 0 unspecified atom stereocenters. The summed E-state index contributed by atoms with van der Waals surface area (Å²) in [5.41, 5.74) is 1.21. The molecule has 1 aromatic carbocycles. The van der Waals surface area contributed by atoms with Gasteiger partial charge in [0.05, 0.1) is 11.6 Å². The highest BCUT2D eigenvalue weighted by atomic mass is 35.5. The van der Waals surface area contributed by atoms with Crippen molar-refractivity contribution in [3.63, 3.8) is 0 Å². The van der Waals surface area contributed by atoms with Crippen molar-refractivity contribution in [2.75, 3.05) is 11.9 Å². The second kappa shape index (κ2) is 8.05. The van der Waals surface area contributed by atoms with Crippen LogP contribution in [0.1, 0.15) is 23.0 Å². The van der Waals surface area contributed by atoms with E-state index in [4.69, 9.17) is 20.9 Å². The summed E-state index contributed by atoms with van der Waals surface area (Å²) in [6.07, 6.45) is 1.57. The van der Waals surface area contributed by atoms with Crippen LogP contribution in [0.15, 0.2) is 41.1 Å². The Balaban J connectivity index is 1.80. The fraction of sp³-hybridized carbons (Fsp3) is 0.222. The minimum absolute atomic E-state index is 0.0408. The lowest BCUT2D eigenvalue weighted by Gasteiger charge is -2.05. The molecule has 1 N–H and O–H groups in total. The predicted molar refractivity (Wildman–Crippen MR) is 98.5 cm³/mol. The van der Waals surface area contributed by atoms with Crippen LogP contribution in [-0.2, 0) is 16.1 Å². The van der Waals surface area contributed by atoms with Gasteiger partial charge in [-0.1, -0.05) is 35.0 Å². The molecule has 0 aliphatic carbocycles. The Bertz CT molecular complexity index is 979. The summed E-state index contributed by atoms with van der Waals surface area (Å²) >= 11 is 6.21. The Morgan fingerprint density at radius 2 is 2.07 bits per heavy atom. The van der Waals surface area contributed by atoms with Crippen LogP contribution < -0.4 is 5.32 Å². The molecular weight excluding hydrogens is 372 g/mol. The number of aromatic nitrogens is 3. The summed E-state index contributed by atoms with van der Waals surface area (Å²) in [5, 5.41) is 11.2. The number of benzene rings is 1. The molecule has 0 aliphatic heterocycles. The lowest BCUT2D eigenvalue weighted by atomic mass is 10.1. The summed E-state index contributed by atoms with van der Waals surface area (Å²) in [7, 11) is 0. The maximum absolute atomic E-state index is 12.7. The zero-order valence-corrected chi connectivity index (χ0v) is 15.5. The van der Waals surface area contributed by atoms with Crippen molar-refractivity contribution in [2.24, 2.45) is 0 Å². The van der Waals surface area contributed by atoms with Crippen molar-refractivity contribution in [1.82, 2.24) is 14.9 Å². The monoisotopic (exact) mass is 388 g/mol. The van der Waals surface area contributed by atoms with Crippen LogP contribution in [0.5, 0.6) is 0 Å². The second-order valence-corrected chi connectivity index (χ2v) is 6.01. The van der Waals surface area contributed by atoms with Gasteiger partial charge in [0, 0.05) is 17.8 Å². The van der Waals surface area contributed by atoms with Crippen molar-refractivity contribution >= 4 is 29.3 Å². The molecule has 0 saturated heterocycles. The Hall–Kier alpha value is -3.13. The minimum atomic E-state index is -0.440. The Labute approximate surface area is 160 Å². The van der Waals surface area contributed by atoms with Gasteiger partial charge in [-0.05, 0) is 19.9 Å². The first kappa shape index (κ1) is 18.7. The van der Waals surface area contributed by atoms with E-state index in [1.54, 1.807) is 50.4 Å². The molecule has 9 heteroatoms. The van der Waals surface area contributed by atoms with Gasteiger partial charge in [0.2, 0.25) is 0 Å². The van der Waals surface area contributed by atoms with Crippen LogP contribution in [0.3, 0.4) is 0 Å². The zero-order valence-electron chi connectivity index (χ0n) is 14.7. The topological polar surface area (TPSA) is 99.2 Å². The van der Waals surface area contributed by atoms with Gasteiger partial charge in [-0.25, -0.2) is 0 Å². The third-order valence-corrected chi connectivity index (χ3v) is 4.03. The van der Waals surface area contributed by atoms with Gasteiger partial charge < -0.3 is 14.6 Å². The number of esters is 1. The largest absolute Gasteiger partial charge is 0.465 e. The molecule has 1 amide bonds. The van der Waals surface area contributed by atoms with Crippen LogP contribution in [0, 0.1) is 6.92 Å². The maximum Gasteiger partial charge on any atom is 0.327 e. The van der Waals surface area contributed by atoms with Crippen LogP contribution >= 0.6 is 11.6 Å². The normalized spacial score (nSPS) is 10.6. The first-order valence-electron chi connectivity index (χ1n) is 8.21. The molecule has 0 fully saturated rings. The third kappa shape index (κ3) is 4.17. The lowest BCUT2D eigenvalue weighted by Crippen LogP contribution is -2.16. The van der Waals surface area contributed by atoms with Crippen molar-refractivity contribution in [1.29, 1.82) is 0 Å². The van der Waals surface area contributed by atoms with Gasteiger partial charge in [-0.2, -0.15) is 5.10 Å². The van der Waals surface area contributed by atoms with Gasteiger partial charge in [0.1, 0.15) is 23.6 Å². The summed E-state index contributed by atoms with van der Waals surface area (Å²) in [6.45, 7) is 3.62. The number of aryl methyl sites for hydroxylation is 1. The predicted octanol–water partition coefficient (Wildman–Crippen LogP) is 3.32. The molecule has 0 spiro atoms. The zero-order chi connectivity index (χ0) is 19.4. The fourth-order valence-corrected chi connectivity index (χ4v) is 2.74. The summed E-state index contributed by atoms with van der Waals surface area (Å²) in [4.78, 5) is 24.2. The standard InChI is InChI=1S/C18H17ClN4O4/c1-3-26-15(24)10-23-9-8-14(21-23)20-18(25)16-11(2)27-22-17(16)12-6-4-5-7-13(12)19/h4-9H,3,10H2,1-2H3,(H,20,21,25). The molecule has 0 atom stereocenters. The number of hydrogen-bond donors (Lipinski definition) is 1. The smallest absolute Gasteiger partial charge is 0.327 e. The van der Waals surface area contributed by atoms with Crippen LogP contribution in [-0.4, -0.2) is 33.4 Å². The molecule has 140 valence electrons. The highest BCUT2D eigenvalue weighted by Gasteiger charge is 2.23. The molecular formula is C18H17ClN4O4. The number of rotatable bonds is 6. The number of halogens is 1. The van der Waals surface area contributed by atoms with Gasteiger partial charge in [0.25, 0.3) is 5.91 Å². The Morgan fingerprint density at radius 1 is 1.30 bits per heavy atom. The number of nitrogens with zero attached hydrogens (tertiary/aromatic N) is 3. The quantitative estimate of drug-likeness (QED) is 0.650. The number of carbonyl (C=O) groups is 2. The SMILES string of the molecule is CCOC(=O)Cn1ccc(NC(=O)c2c(-c3ccccc3Cl)noc2C)n1. The van der Waals surface area contributed by atoms with Gasteiger partial charge in [-0.15, -0.1) is 0 Å². The van der Waals surface area contributed by atoms with Gasteiger partial charge in [-0.3, -0.25) is 14.3 Å². The first-order valence-corrected chi connectivity index (χ1v) is 8.59. The van der Waals surface area contributed by atoms with Crippen molar-refractivity contribution < 1.29 is 18.8 Å². The molecule has 2 heterocycles. The molecule has 27 heavy (non-hydrogen) atoms. The van der Waals surface area contributed by atoms with E-state index in [1.807, 2.05) is 0 Å². The van der Waals surface area contributed by atoms with Crippen LogP contribution in [0.2, 0.25) is 5.02 Å². The number of amides is 1. The van der Waals surface area contributed by atoms with E-state index in [9.17, 15) is 9.59 Å². The van der Waals surface area contributed by atoms with Crippen LogP contribution in [0.25, 0.3) is 11.3 Å². The molecule has 0 radical (unpaired) electrons. The lowest BCUT2D eigenvalue weighted by molar-refractivity contribution is -0.144. The molecule has 0 bridgehead atoms. The number of nitrogens with one attached hydrogen (secondary N) is 1. The van der Waals surface area contributed by atoms with E-state index in [0.717, 1.165) is 0 Å². The summed E-state index contributed by atoms with van der Waals surface area (Å²) < 4.78 is 11.4. The third-order valence-electron chi connectivity index (χ3n) is 3.70. The average molecular weight is 389 g/mol. The molecule has 3 aromatic rings. The molecule has 0 aliphatic rings. The second-order valence-electron chi connectivity index (χ2n) is 5.60. The van der Waals surface area contributed by atoms with Crippen molar-refractivity contribution in [2.45, 2.75) is 20.4 Å². The average Bonchev–Trinajstić information content (AvgIpc) is 3.22. The van der Waals surface area contributed by atoms with Crippen molar-refractivity contribution in [3.8, 4) is 11.3 Å². The van der Waals surface area contributed by atoms with E-state index in [0.29, 0.717) is 28.6 Å². The van der Waals surface area contributed by atoms with E-state index < -0.39 is 11.9 Å². The van der Waals surface area contributed by atoms with E-state index in [-0.39, 0.29) is 17.9 Å². The highest BCUT2D eigenvalue weighted by Crippen LogP contribution is 2.31. The minimum Gasteiger partial charge on any atom is -0.465 e. The number of ether oxygens (including phenoxy) is 1. The Morgan fingerprint density at radius 3 is 2.81 bits per heavy atom. The highest BCUT2D eigenvalue weighted by molar-refractivity contribution is 6.33. The summed E-state index contributed by atoms with van der Waals surface area (Å²) in [6, 6.07) is 8.62. The van der Waals surface area contributed by atoms with Crippen LogP contribution in [0.4, 0.5) is 5.82 Å². The molecule has 0 saturated carbocycles. The van der Waals surface area contributed by atoms with Gasteiger partial charge >= 0.3 is 5.97 Å². The van der Waals surface area contributed by atoms with E-state index >= 15 is 0 Å². The van der Waals surface area contributed by atoms with Crippen molar-refractivity contribution in [3.05, 3.63) is 52.9 Å². The number of anilines is 1. The number of hydrogen-bond acceptors (Lipinski definition) is 6. The van der Waals surface area contributed by atoms with E-state index in [1.165, 1.54) is 4.68 Å². The van der Waals surface area contributed by atoms with E-state index in [2.05, 4.69) is 15.6 Å². The first-order chi connectivity index (χ1) is 13.0.